The Bertz CT molecular complexity index is 989. The van der Waals surface area contributed by atoms with Crippen LogP contribution in [-0.2, 0) is 0 Å². The van der Waals surface area contributed by atoms with Crippen molar-refractivity contribution < 1.29 is 28.0 Å². The molecular weight excluding hydrogens is 457 g/mol. The van der Waals surface area contributed by atoms with E-state index in [0.29, 0.717) is 33.9 Å². The van der Waals surface area contributed by atoms with Crippen LogP contribution in [0.1, 0.15) is 31.1 Å². The van der Waals surface area contributed by atoms with Gasteiger partial charge < -0.3 is 29.5 Å². The first-order chi connectivity index (χ1) is 16.4. The van der Waals surface area contributed by atoms with Crippen molar-refractivity contribution in [3.05, 3.63) is 89.5 Å². The molecule has 10 heteroatoms. The van der Waals surface area contributed by atoms with E-state index in [-0.39, 0.29) is 17.7 Å². The van der Waals surface area contributed by atoms with Crippen molar-refractivity contribution in [1.29, 1.82) is 0 Å². The van der Waals surface area contributed by atoms with Crippen molar-refractivity contribution in [2.75, 3.05) is 21.1 Å². The van der Waals surface area contributed by atoms with E-state index in [9.17, 15) is 14.4 Å². The molecule has 3 aromatic rings. The molecule has 0 aliphatic rings. The lowest BCUT2D eigenvalue weighted by atomic mass is 10.2. The Morgan fingerprint density at radius 1 is 0.500 bits per heavy atom. The normalized spacial score (nSPS) is 10.2. The Morgan fingerprint density at radius 3 is 0.941 bits per heavy atom. The molecule has 0 aromatic heterocycles. The van der Waals surface area contributed by atoms with Gasteiger partial charge in [0.1, 0.15) is 17.2 Å². The molecule has 34 heavy (non-hydrogen) atoms. The summed E-state index contributed by atoms with van der Waals surface area (Å²) in [7, 11) is 2.69. The Morgan fingerprint density at radius 2 is 0.735 bits per heavy atom. The molecule has 176 valence electrons. The zero-order valence-corrected chi connectivity index (χ0v) is 19.7. The molecule has 9 nitrogen and oxygen atoms in total. The van der Waals surface area contributed by atoms with Gasteiger partial charge in [0.2, 0.25) is 0 Å². The van der Waals surface area contributed by atoms with Crippen LogP contribution in [0.4, 0.5) is 0 Å². The number of carbonyl (C=O) groups excluding carboxylic acids is 3. The van der Waals surface area contributed by atoms with Crippen LogP contribution in [-0.4, -0.2) is 38.9 Å². The van der Waals surface area contributed by atoms with Crippen molar-refractivity contribution in [3.8, 4) is 17.2 Å². The van der Waals surface area contributed by atoms with Crippen molar-refractivity contribution >= 4 is 26.3 Å². The lowest BCUT2D eigenvalue weighted by Crippen LogP contribution is -2.17. The summed E-state index contributed by atoms with van der Waals surface area (Å²) in [6, 6.07) is 19.5. The summed E-state index contributed by atoms with van der Waals surface area (Å²) in [5.74, 6) is 0.657. The van der Waals surface area contributed by atoms with Crippen LogP contribution in [0.15, 0.2) is 72.8 Å². The number of hydrogen-bond donors (Lipinski definition) is 3. The van der Waals surface area contributed by atoms with E-state index in [2.05, 4.69) is 16.0 Å². The van der Waals surface area contributed by atoms with E-state index < -0.39 is 8.60 Å². The molecule has 0 radical (unpaired) electrons. The summed E-state index contributed by atoms with van der Waals surface area (Å²) >= 11 is 0. The Balaban J connectivity index is 1.79. The fourth-order valence-corrected chi connectivity index (χ4v) is 3.74. The monoisotopic (exact) mass is 481 g/mol. The molecule has 3 amide bonds. The van der Waals surface area contributed by atoms with Crippen molar-refractivity contribution in [3.63, 3.8) is 0 Å². The van der Waals surface area contributed by atoms with E-state index in [0.717, 1.165) is 0 Å². The van der Waals surface area contributed by atoms with Gasteiger partial charge in [-0.1, -0.05) is 0 Å². The maximum atomic E-state index is 11.8. The highest BCUT2D eigenvalue weighted by atomic mass is 31.2. The summed E-state index contributed by atoms with van der Waals surface area (Å²) in [6.45, 7) is 0. The fourth-order valence-electron chi connectivity index (χ4n) is 2.75. The van der Waals surface area contributed by atoms with E-state index in [1.54, 1.807) is 93.9 Å². The van der Waals surface area contributed by atoms with Gasteiger partial charge in [0.05, 0.1) is 0 Å². The second-order valence-electron chi connectivity index (χ2n) is 6.81. The van der Waals surface area contributed by atoms with Gasteiger partial charge in [-0.15, -0.1) is 0 Å². The third-order valence-electron chi connectivity index (χ3n) is 4.57. The van der Waals surface area contributed by atoms with Gasteiger partial charge in [-0.2, -0.15) is 0 Å². The SMILES string of the molecule is CNC(=O)c1ccc(OP(Oc2ccc(C(=O)NC)cc2)Oc2ccc(C(=O)NC)cc2)cc1. The molecule has 0 aliphatic heterocycles. The number of benzene rings is 3. The molecule has 0 fully saturated rings. The quantitative estimate of drug-likeness (QED) is 0.403. The first-order valence-corrected chi connectivity index (χ1v) is 11.3. The molecule has 3 aromatic carbocycles. The van der Waals surface area contributed by atoms with Gasteiger partial charge >= 0.3 is 8.60 Å². The van der Waals surface area contributed by atoms with Gasteiger partial charge in [0.25, 0.3) is 17.7 Å². The van der Waals surface area contributed by atoms with Crippen molar-refractivity contribution in [1.82, 2.24) is 16.0 Å². The lowest BCUT2D eigenvalue weighted by molar-refractivity contribution is 0.0955. The average molecular weight is 481 g/mol. The third-order valence-corrected chi connectivity index (χ3v) is 5.65. The first-order valence-electron chi connectivity index (χ1n) is 10.2. The molecule has 0 saturated carbocycles. The number of nitrogens with one attached hydrogen (secondary N) is 3. The van der Waals surface area contributed by atoms with E-state index in [1.807, 2.05) is 0 Å². The first kappa shape index (κ1) is 24.5. The predicted octanol–water partition coefficient (Wildman–Crippen LogP) is 3.53. The number of amides is 3. The molecule has 0 bridgehead atoms. The largest absolute Gasteiger partial charge is 0.530 e. The fraction of sp³-hybridized carbons (Fsp3) is 0.125. The summed E-state index contributed by atoms with van der Waals surface area (Å²) in [4.78, 5) is 35.3. The summed E-state index contributed by atoms with van der Waals surface area (Å²) in [5.41, 5.74) is 1.45. The van der Waals surface area contributed by atoms with Gasteiger partial charge in [0, 0.05) is 37.8 Å². The van der Waals surface area contributed by atoms with E-state index in [1.165, 1.54) is 0 Å². The number of carbonyl (C=O) groups is 3. The van der Waals surface area contributed by atoms with Crippen LogP contribution in [0.3, 0.4) is 0 Å². The van der Waals surface area contributed by atoms with Crippen molar-refractivity contribution in [2.45, 2.75) is 0 Å². The smallest absolute Gasteiger partial charge is 0.409 e. The lowest BCUT2D eigenvalue weighted by Gasteiger charge is -2.18. The van der Waals surface area contributed by atoms with Crippen LogP contribution in [0.2, 0.25) is 0 Å². The van der Waals surface area contributed by atoms with Crippen molar-refractivity contribution in [2.24, 2.45) is 0 Å². The second kappa shape index (κ2) is 11.7. The topological polar surface area (TPSA) is 115 Å². The molecule has 3 rings (SSSR count). The van der Waals surface area contributed by atoms with E-state index in [4.69, 9.17) is 13.6 Å². The van der Waals surface area contributed by atoms with Crippen LogP contribution < -0.4 is 29.5 Å². The predicted molar refractivity (Wildman–Crippen MR) is 128 cm³/mol. The third kappa shape index (κ3) is 6.46. The van der Waals surface area contributed by atoms with E-state index >= 15 is 0 Å². The standard InChI is InChI=1S/C24H24N3O6P/c1-25-22(28)16-4-10-19(11-5-16)31-34(32-20-12-6-17(7-13-20)23(29)26-2)33-21-14-8-18(9-15-21)24(30)27-3/h4-15H,1-3H3,(H,25,28)(H,26,29)(H,27,30). The average Bonchev–Trinajstić information content (AvgIpc) is 2.88. The molecule has 0 atom stereocenters. The Kier molecular flexibility index (Phi) is 8.43. The van der Waals surface area contributed by atoms with Crippen LogP contribution in [0, 0.1) is 0 Å². The summed E-state index contributed by atoms with van der Waals surface area (Å²) in [6.07, 6.45) is 0. The van der Waals surface area contributed by atoms with Gasteiger partial charge in [-0.25, -0.2) is 0 Å². The number of rotatable bonds is 9. The highest BCUT2D eigenvalue weighted by Gasteiger charge is 2.21. The maximum Gasteiger partial charge on any atom is 0.530 e. The number of hydrogen-bond acceptors (Lipinski definition) is 6. The molecule has 0 unspecified atom stereocenters. The Labute approximate surface area is 198 Å². The van der Waals surface area contributed by atoms with Gasteiger partial charge in [-0.3, -0.25) is 14.4 Å². The van der Waals surface area contributed by atoms with Gasteiger partial charge in [-0.05, 0) is 72.8 Å². The van der Waals surface area contributed by atoms with Crippen LogP contribution in [0.5, 0.6) is 17.2 Å². The minimum absolute atomic E-state index is 0.214. The minimum atomic E-state index is -1.98. The molecule has 0 heterocycles. The van der Waals surface area contributed by atoms with Gasteiger partial charge in [0.15, 0.2) is 0 Å². The molecular formula is C24H24N3O6P. The molecule has 3 N–H and O–H groups in total. The molecule has 0 aliphatic carbocycles. The second-order valence-corrected chi connectivity index (χ2v) is 7.80. The molecule has 0 saturated heterocycles. The summed E-state index contributed by atoms with van der Waals surface area (Å²) < 4.78 is 17.8. The summed E-state index contributed by atoms with van der Waals surface area (Å²) in [5, 5.41) is 7.67. The van der Waals surface area contributed by atoms with Crippen LogP contribution >= 0.6 is 8.60 Å². The highest BCUT2D eigenvalue weighted by molar-refractivity contribution is 7.43. The van der Waals surface area contributed by atoms with Crippen LogP contribution in [0.25, 0.3) is 0 Å². The maximum absolute atomic E-state index is 11.8. The minimum Gasteiger partial charge on any atom is -0.409 e. The molecule has 0 spiro atoms. The highest BCUT2D eigenvalue weighted by Crippen LogP contribution is 2.42. The Hall–Kier alpha value is -4.10. The zero-order chi connectivity index (χ0) is 24.5. The zero-order valence-electron chi connectivity index (χ0n) is 18.8.